The van der Waals surface area contributed by atoms with Gasteiger partial charge < -0.3 is 19.9 Å². The smallest absolute Gasteiger partial charge is 0.455 e. The lowest BCUT2D eigenvalue weighted by molar-refractivity contribution is -0.140. The molecule has 6 rings (SSSR count). The van der Waals surface area contributed by atoms with Gasteiger partial charge in [-0.15, -0.1) is 11.3 Å². The highest BCUT2D eigenvalue weighted by molar-refractivity contribution is 7.09. The van der Waals surface area contributed by atoms with Crippen molar-refractivity contribution in [1.29, 1.82) is 0 Å². The van der Waals surface area contributed by atoms with Gasteiger partial charge in [0.1, 0.15) is 5.75 Å². The van der Waals surface area contributed by atoms with E-state index in [0.29, 0.717) is 19.3 Å². The third-order valence-electron chi connectivity index (χ3n) is 8.37. The maximum Gasteiger partial charge on any atom is 0.455 e. The van der Waals surface area contributed by atoms with Gasteiger partial charge in [0.2, 0.25) is 11.8 Å². The van der Waals surface area contributed by atoms with Gasteiger partial charge in [-0.05, 0) is 95.6 Å². The summed E-state index contributed by atoms with van der Waals surface area (Å²) in [4.78, 5) is 33.9. The number of fused-ring (bicyclic) bond motifs is 3. The summed E-state index contributed by atoms with van der Waals surface area (Å²) in [7, 11) is -1.09. The van der Waals surface area contributed by atoms with E-state index >= 15 is 0 Å². The summed E-state index contributed by atoms with van der Waals surface area (Å²) in [5, 5.41) is 33.1. The fraction of sp³-hybridized carbons (Fsp3) is 0.323. The van der Waals surface area contributed by atoms with Crippen LogP contribution in [-0.2, 0) is 20.8 Å². The summed E-state index contributed by atoms with van der Waals surface area (Å²) in [5.41, 5.74) is 4.10. The lowest BCUT2D eigenvalue weighted by atomic mass is 9.58. The molecule has 0 unspecified atom stereocenters. The first-order valence-corrected chi connectivity index (χ1v) is 14.8. The molecule has 3 aliphatic rings. The van der Waals surface area contributed by atoms with Crippen LogP contribution in [0.15, 0.2) is 77.3 Å². The zero-order chi connectivity index (χ0) is 28.5. The van der Waals surface area contributed by atoms with Crippen molar-refractivity contribution in [2.24, 2.45) is 17.8 Å². The molecule has 0 spiro atoms. The molecule has 0 bridgehead atoms. The molecular formula is C31H31BN2O6S. The Labute approximate surface area is 242 Å². The number of aliphatic hydroxyl groups is 1. The fourth-order valence-electron chi connectivity index (χ4n) is 6.62. The van der Waals surface area contributed by atoms with Crippen LogP contribution in [0.25, 0.3) is 11.6 Å². The Balaban J connectivity index is 1.29. The third kappa shape index (κ3) is 5.52. The van der Waals surface area contributed by atoms with Crippen molar-refractivity contribution < 1.29 is 29.5 Å². The van der Waals surface area contributed by atoms with Gasteiger partial charge in [-0.1, -0.05) is 24.3 Å². The number of aromatic hydroxyl groups is 1. The molecule has 0 saturated carbocycles. The molecule has 4 atom stereocenters. The zero-order valence-electron chi connectivity index (χ0n) is 22.4. The Morgan fingerprint density at radius 2 is 2.00 bits per heavy atom. The van der Waals surface area contributed by atoms with Crippen LogP contribution < -0.4 is 0 Å². The minimum Gasteiger partial charge on any atom is -0.508 e. The van der Waals surface area contributed by atoms with Crippen molar-refractivity contribution in [3.63, 3.8) is 0 Å². The first-order chi connectivity index (χ1) is 19.9. The van der Waals surface area contributed by atoms with Crippen LogP contribution in [0.4, 0.5) is 0 Å². The molecule has 4 heterocycles. The summed E-state index contributed by atoms with van der Waals surface area (Å²) in [6.45, 7) is 0.0121. The number of imide groups is 1. The number of pyridine rings is 1. The molecule has 210 valence electrons. The number of aliphatic hydroxyl groups excluding tert-OH is 1. The van der Waals surface area contributed by atoms with E-state index in [4.69, 9.17) is 4.65 Å². The first kappa shape index (κ1) is 27.6. The van der Waals surface area contributed by atoms with Crippen LogP contribution in [0, 0.1) is 17.8 Å². The van der Waals surface area contributed by atoms with Crippen LogP contribution in [0.5, 0.6) is 5.75 Å². The minimum absolute atomic E-state index is 0.166. The van der Waals surface area contributed by atoms with Crippen LogP contribution in [-0.4, -0.2) is 56.8 Å². The van der Waals surface area contributed by atoms with Crippen LogP contribution in [0.3, 0.4) is 0 Å². The monoisotopic (exact) mass is 570 g/mol. The molecule has 2 aromatic heterocycles. The van der Waals surface area contributed by atoms with Crippen molar-refractivity contribution in [2.45, 2.75) is 38.2 Å². The van der Waals surface area contributed by atoms with Gasteiger partial charge in [0.15, 0.2) is 0 Å². The number of phenolic OH excluding ortho intramolecular Hbond substituents is 1. The van der Waals surface area contributed by atoms with E-state index in [0.717, 1.165) is 32.9 Å². The van der Waals surface area contributed by atoms with E-state index in [1.165, 1.54) is 16.2 Å². The van der Waals surface area contributed by atoms with Gasteiger partial charge in [-0.2, -0.15) is 0 Å². The molecule has 2 amide bonds. The van der Waals surface area contributed by atoms with E-state index in [-0.39, 0.29) is 43.0 Å². The van der Waals surface area contributed by atoms with Crippen molar-refractivity contribution in [3.05, 3.63) is 93.5 Å². The highest BCUT2D eigenvalue weighted by Crippen LogP contribution is 2.51. The Morgan fingerprint density at radius 1 is 1.12 bits per heavy atom. The molecule has 10 heteroatoms. The highest BCUT2D eigenvalue weighted by Gasteiger charge is 2.57. The maximum absolute atomic E-state index is 13.7. The molecule has 41 heavy (non-hydrogen) atoms. The first-order valence-electron chi connectivity index (χ1n) is 13.9. The van der Waals surface area contributed by atoms with Gasteiger partial charge >= 0.3 is 7.12 Å². The molecule has 0 radical (unpaired) electrons. The summed E-state index contributed by atoms with van der Waals surface area (Å²) >= 11 is 1.50. The lowest BCUT2D eigenvalue weighted by Crippen LogP contribution is -2.46. The number of thiophene rings is 1. The number of nitrogens with zero attached hydrogens (tertiary/aromatic N) is 2. The molecule has 1 aromatic carbocycles. The number of phenols is 1. The van der Waals surface area contributed by atoms with Crippen LogP contribution in [0.2, 0.25) is 6.32 Å². The van der Waals surface area contributed by atoms with Crippen molar-refractivity contribution in [3.8, 4) is 5.75 Å². The van der Waals surface area contributed by atoms with E-state index in [1.54, 1.807) is 24.4 Å². The maximum atomic E-state index is 13.7. The predicted molar refractivity (Wildman–Crippen MR) is 156 cm³/mol. The topological polar surface area (TPSA) is 120 Å². The average molecular weight is 570 g/mol. The molecule has 2 saturated heterocycles. The zero-order valence-corrected chi connectivity index (χ0v) is 23.2. The van der Waals surface area contributed by atoms with Crippen LogP contribution in [0.1, 0.15) is 35.4 Å². The van der Waals surface area contributed by atoms with E-state index in [2.05, 4.69) is 4.98 Å². The number of allylic oxidation sites excluding steroid dienone is 1. The Bertz CT molecular complexity index is 1490. The molecule has 2 fully saturated rings. The molecule has 3 aromatic rings. The van der Waals surface area contributed by atoms with Gasteiger partial charge in [0, 0.05) is 11.1 Å². The van der Waals surface area contributed by atoms with Gasteiger partial charge in [-0.3, -0.25) is 19.5 Å². The fourth-order valence-corrected chi connectivity index (χ4v) is 7.31. The number of rotatable bonds is 8. The highest BCUT2D eigenvalue weighted by atomic mass is 32.1. The van der Waals surface area contributed by atoms with Gasteiger partial charge in [-0.25, -0.2) is 0 Å². The molecule has 1 aliphatic carbocycles. The number of aromatic nitrogens is 1. The molecule has 3 N–H and O–H groups in total. The quantitative estimate of drug-likeness (QED) is 0.211. The van der Waals surface area contributed by atoms with E-state index in [1.807, 2.05) is 47.9 Å². The average Bonchev–Trinajstić information content (AvgIpc) is 3.57. The lowest BCUT2D eigenvalue weighted by Gasteiger charge is -2.43. The van der Waals surface area contributed by atoms with E-state index < -0.39 is 25.1 Å². The van der Waals surface area contributed by atoms with Crippen molar-refractivity contribution in [1.82, 2.24) is 9.88 Å². The predicted octanol–water partition coefficient (Wildman–Crippen LogP) is 4.16. The Kier molecular flexibility index (Phi) is 7.90. The Morgan fingerprint density at radius 3 is 2.73 bits per heavy atom. The third-order valence-corrected chi connectivity index (χ3v) is 9.23. The summed E-state index contributed by atoms with van der Waals surface area (Å²) in [6.07, 6.45) is 4.68. The Hall–Kier alpha value is -3.57. The number of carbonyl (C=O) groups is 2. The standard InChI is InChI=1S/C31H31BN2O6S/c35-18-21-15-24-29(31(38)34(30(24)37)17-23-7-4-12-41-23)25-16-32(39)40-27(28(21)25)10-9-20(26-8-1-2-11-33-26)13-19-5-3-6-22(36)14-19/h1-8,11-14,24-25,27,29,35-36,39H,9-10,15-18H2/b20-13-/t24-,25+,27-,29-/m1/s1. The summed E-state index contributed by atoms with van der Waals surface area (Å²) in [6, 6.07) is 16.5. The molecule has 2 aliphatic heterocycles. The van der Waals surface area contributed by atoms with Gasteiger partial charge in [0.05, 0.1) is 36.8 Å². The number of hydrogen-bond donors (Lipinski definition) is 3. The summed E-state index contributed by atoms with van der Waals surface area (Å²) < 4.78 is 6.06. The van der Waals surface area contributed by atoms with Crippen LogP contribution >= 0.6 is 11.3 Å². The second-order valence-corrected chi connectivity index (χ2v) is 11.9. The number of hydrogen-bond acceptors (Lipinski definition) is 8. The normalized spacial score (nSPS) is 24.6. The number of amides is 2. The van der Waals surface area contributed by atoms with Crippen molar-refractivity contribution in [2.75, 3.05) is 6.61 Å². The SMILES string of the molecule is O=C1[C@@H]2[C@@H](CC(CO)=C3[C@@H](CC/C(=C/c4cccc(O)c4)c4ccccn4)OB(O)C[C@@H]32)C(=O)N1Cc1cccs1. The summed E-state index contributed by atoms with van der Waals surface area (Å²) in [5.74, 6) is -1.76. The molecule has 8 nitrogen and oxygen atoms in total. The van der Waals surface area contributed by atoms with Gasteiger partial charge in [0.25, 0.3) is 0 Å². The molecular weight excluding hydrogens is 539 g/mol. The number of likely N-dealkylation sites (tertiary alicyclic amines) is 1. The van der Waals surface area contributed by atoms with E-state index in [9.17, 15) is 24.8 Å². The number of benzene rings is 1. The second kappa shape index (κ2) is 11.7. The minimum atomic E-state index is -1.09. The largest absolute Gasteiger partial charge is 0.508 e. The number of carbonyl (C=O) groups excluding carboxylic acids is 2. The second-order valence-electron chi connectivity index (χ2n) is 10.8. The van der Waals surface area contributed by atoms with Crippen molar-refractivity contribution >= 4 is 41.9 Å².